The van der Waals surface area contributed by atoms with Gasteiger partial charge in [-0.25, -0.2) is 4.39 Å². The molecule has 2 bridgehead atoms. The molecule has 1 saturated carbocycles. The van der Waals surface area contributed by atoms with Gasteiger partial charge in [-0.3, -0.25) is 9.59 Å². The van der Waals surface area contributed by atoms with Crippen molar-refractivity contribution >= 4 is 29.2 Å². The fourth-order valence-corrected chi connectivity index (χ4v) is 3.73. The summed E-state index contributed by atoms with van der Waals surface area (Å²) in [6, 6.07) is 3.94. The number of benzene rings is 1. The van der Waals surface area contributed by atoms with Gasteiger partial charge in [-0.05, 0) is 38.0 Å². The van der Waals surface area contributed by atoms with Crippen LogP contribution in [0.5, 0.6) is 0 Å². The number of anilines is 1. The average Bonchev–Trinajstić information content (AvgIpc) is 2.73. The van der Waals surface area contributed by atoms with Crippen LogP contribution in [0.3, 0.4) is 0 Å². The smallest absolute Gasteiger partial charge is 0.313 e. The summed E-state index contributed by atoms with van der Waals surface area (Å²) >= 11 is 5.72. The standard InChI is InChI=1S/C16H17ClFNO3/c1-14(2)15(3)6-7-16(14,22-13(15)21)12(20)19-9-4-5-11(18)10(17)8-9/h4-5,8H,6-7H2,1-3H3,(H,19,20)/t15-,16-/m1/s1. The molecular weight excluding hydrogens is 309 g/mol. The molecule has 2 fully saturated rings. The van der Waals surface area contributed by atoms with E-state index in [0.29, 0.717) is 18.5 Å². The Kier molecular flexibility index (Phi) is 3.09. The monoisotopic (exact) mass is 325 g/mol. The molecule has 1 amide bonds. The first kappa shape index (κ1) is 15.3. The third-order valence-electron chi connectivity index (χ3n) is 5.63. The maximum atomic E-state index is 13.2. The molecule has 1 aliphatic carbocycles. The lowest BCUT2D eigenvalue weighted by Gasteiger charge is -2.35. The highest BCUT2D eigenvalue weighted by Crippen LogP contribution is 2.65. The van der Waals surface area contributed by atoms with Crippen LogP contribution in [0.1, 0.15) is 33.6 Å². The minimum Gasteiger partial charge on any atom is -0.448 e. The fraction of sp³-hybridized carbons (Fsp3) is 0.500. The van der Waals surface area contributed by atoms with Gasteiger partial charge < -0.3 is 10.1 Å². The van der Waals surface area contributed by atoms with Crippen LogP contribution in [-0.2, 0) is 14.3 Å². The number of rotatable bonds is 2. The van der Waals surface area contributed by atoms with Gasteiger partial charge in [0.15, 0.2) is 5.60 Å². The Balaban J connectivity index is 1.92. The Bertz CT molecular complexity index is 690. The first-order chi connectivity index (χ1) is 10.1. The molecule has 0 radical (unpaired) electrons. The minimum atomic E-state index is -1.19. The van der Waals surface area contributed by atoms with E-state index in [1.807, 2.05) is 20.8 Å². The van der Waals surface area contributed by atoms with E-state index in [1.54, 1.807) is 0 Å². The summed E-state index contributed by atoms with van der Waals surface area (Å²) in [4.78, 5) is 24.9. The van der Waals surface area contributed by atoms with Crippen molar-refractivity contribution in [3.63, 3.8) is 0 Å². The van der Waals surface area contributed by atoms with Gasteiger partial charge in [0.25, 0.3) is 5.91 Å². The quantitative estimate of drug-likeness (QED) is 0.846. The van der Waals surface area contributed by atoms with Crippen LogP contribution < -0.4 is 5.32 Å². The van der Waals surface area contributed by atoms with Crippen molar-refractivity contribution < 1.29 is 18.7 Å². The van der Waals surface area contributed by atoms with Crippen molar-refractivity contribution in [1.29, 1.82) is 0 Å². The summed E-state index contributed by atoms with van der Waals surface area (Å²) in [5, 5.41) is 2.62. The molecule has 1 N–H and O–H groups in total. The van der Waals surface area contributed by atoms with Crippen LogP contribution in [-0.4, -0.2) is 17.5 Å². The summed E-state index contributed by atoms with van der Waals surface area (Å²) in [7, 11) is 0. The molecular formula is C16H17ClFNO3. The zero-order valence-electron chi connectivity index (χ0n) is 12.6. The van der Waals surface area contributed by atoms with Gasteiger partial charge in [-0.2, -0.15) is 0 Å². The van der Waals surface area contributed by atoms with Gasteiger partial charge >= 0.3 is 5.97 Å². The normalized spacial score (nSPS) is 32.0. The van der Waals surface area contributed by atoms with Crippen LogP contribution in [0, 0.1) is 16.6 Å². The maximum absolute atomic E-state index is 13.2. The lowest BCUT2D eigenvalue weighted by atomic mass is 9.66. The highest BCUT2D eigenvalue weighted by molar-refractivity contribution is 6.31. The molecule has 1 aliphatic heterocycles. The number of hydrogen-bond donors (Lipinski definition) is 1. The number of halogens is 2. The lowest BCUT2D eigenvalue weighted by Crippen LogP contribution is -2.50. The van der Waals surface area contributed by atoms with Gasteiger partial charge in [0.05, 0.1) is 10.4 Å². The lowest BCUT2D eigenvalue weighted by molar-refractivity contribution is -0.165. The van der Waals surface area contributed by atoms with E-state index < -0.39 is 28.2 Å². The van der Waals surface area contributed by atoms with Gasteiger partial charge in [-0.1, -0.05) is 25.4 Å². The molecule has 22 heavy (non-hydrogen) atoms. The Labute approximate surface area is 133 Å². The second-order valence-corrected chi connectivity index (χ2v) is 7.16. The number of esters is 1. The third kappa shape index (κ3) is 1.69. The molecule has 118 valence electrons. The molecule has 1 aromatic rings. The van der Waals surface area contributed by atoms with Crippen molar-refractivity contribution in [2.24, 2.45) is 10.8 Å². The molecule has 1 saturated heterocycles. The molecule has 3 rings (SSSR count). The number of amides is 1. The fourth-order valence-electron chi connectivity index (χ4n) is 3.55. The third-order valence-corrected chi connectivity index (χ3v) is 5.92. The molecule has 1 heterocycles. The van der Waals surface area contributed by atoms with Crippen molar-refractivity contribution in [3.8, 4) is 0 Å². The number of nitrogens with one attached hydrogen (secondary N) is 1. The number of carbonyl (C=O) groups is 2. The molecule has 0 aromatic heterocycles. The van der Waals surface area contributed by atoms with Crippen molar-refractivity contribution in [1.82, 2.24) is 0 Å². The molecule has 6 heteroatoms. The van der Waals surface area contributed by atoms with Gasteiger partial charge in [0.1, 0.15) is 5.82 Å². The summed E-state index contributed by atoms with van der Waals surface area (Å²) < 4.78 is 18.7. The van der Waals surface area contributed by atoms with Crippen LogP contribution in [0.2, 0.25) is 5.02 Å². The molecule has 0 unspecified atom stereocenters. The predicted molar refractivity (Wildman–Crippen MR) is 80.0 cm³/mol. The van der Waals surface area contributed by atoms with E-state index in [1.165, 1.54) is 18.2 Å². The van der Waals surface area contributed by atoms with E-state index in [-0.39, 0.29) is 11.0 Å². The van der Waals surface area contributed by atoms with Crippen molar-refractivity contribution in [2.45, 2.75) is 39.2 Å². The Morgan fingerprint density at radius 3 is 2.50 bits per heavy atom. The van der Waals surface area contributed by atoms with Crippen LogP contribution in [0.25, 0.3) is 0 Å². The largest absolute Gasteiger partial charge is 0.448 e. The predicted octanol–water partition coefficient (Wildman–Crippen LogP) is 3.54. The van der Waals surface area contributed by atoms with Gasteiger partial charge in [-0.15, -0.1) is 0 Å². The number of carbonyl (C=O) groups excluding carboxylic acids is 2. The Morgan fingerprint density at radius 1 is 1.32 bits per heavy atom. The van der Waals surface area contributed by atoms with E-state index in [9.17, 15) is 14.0 Å². The highest BCUT2D eigenvalue weighted by atomic mass is 35.5. The van der Waals surface area contributed by atoms with E-state index in [2.05, 4.69) is 5.32 Å². The topological polar surface area (TPSA) is 55.4 Å². The van der Waals surface area contributed by atoms with Crippen LogP contribution in [0.4, 0.5) is 10.1 Å². The highest BCUT2D eigenvalue weighted by Gasteiger charge is 2.75. The van der Waals surface area contributed by atoms with Crippen molar-refractivity contribution in [2.75, 3.05) is 5.32 Å². The minimum absolute atomic E-state index is 0.0748. The first-order valence-electron chi connectivity index (χ1n) is 7.14. The zero-order chi connectivity index (χ0) is 16.3. The summed E-state index contributed by atoms with van der Waals surface area (Å²) in [6.45, 7) is 5.59. The number of fused-ring (bicyclic) bond motifs is 2. The maximum Gasteiger partial charge on any atom is 0.313 e. The van der Waals surface area contributed by atoms with E-state index in [4.69, 9.17) is 16.3 Å². The summed E-state index contributed by atoms with van der Waals surface area (Å²) in [6.07, 6.45) is 1.08. The van der Waals surface area contributed by atoms with E-state index in [0.717, 1.165) is 0 Å². The second-order valence-electron chi connectivity index (χ2n) is 6.76. The summed E-state index contributed by atoms with van der Waals surface area (Å²) in [5.74, 6) is -1.29. The van der Waals surface area contributed by atoms with Crippen LogP contribution >= 0.6 is 11.6 Å². The second kappa shape index (κ2) is 4.44. The van der Waals surface area contributed by atoms with Crippen LogP contribution in [0.15, 0.2) is 18.2 Å². The van der Waals surface area contributed by atoms with E-state index >= 15 is 0 Å². The molecule has 2 aliphatic rings. The number of ether oxygens (including phenoxy) is 1. The Hall–Kier alpha value is -1.62. The van der Waals surface area contributed by atoms with Gasteiger partial charge in [0, 0.05) is 11.1 Å². The average molecular weight is 326 g/mol. The number of hydrogen-bond acceptors (Lipinski definition) is 3. The zero-order valence-corrected chi connectivity index (χ0v) is 13.4. The first-order valence-corrected chi connectivity index (χ1v) is 7.52. The Morgan fingerprint density at radius 2 is 2.00 bits per heavy atom. The molecule has 0 spiro atoms. The molecule has 1 aromatic carbocycles. The molecule has 2 atom stereocenters. The van der Waals surface area contributed by atoms with Gasteiger partial charge in [0.2, 0.25) is 0 Å². The molecule has 4 nitrogen and oxygen atoms in total. The summed E-state index contributed by atoms with van der Waals surface area (Å²) in [5.41, 5.74) is -2.10. The van der Waals surface area contributed by atoms with Crippen molar-refractivity contribution in [3.05, 3.63) is 29.0 Å². The SMILES string of the molecule is CC1(C)[C@]2(C)CC[C@]1(C(=O)Nc1ccc(F)c(Cl)c1)OC2=O.